The maximum absolute atomic E-state index is 13.1. The predicted molar refractivity (Wildman–Crippen MR) is 178 cm³/mol. The van der Waals surface area contributed by atoms with Crippen molar-refractivity contribution in [1.29, 1.82) is 0 Å². The van der Waals surface area contributed by atoms with E-state index in [-0.39, 0.29) is 29.9 Å². The number of fused-ring (bicyclic) bond motifs is 1. The van der Waals surface area contributed by atoms with Gasteiger partial charge in [-0.1, -0.05) is 61.2 Å². The molecular formula is C36H37F3N6O4. The molecule has 1 aromatic heterocycles. The summed E-state index contributed by atoms with van der Waals surface area (Å²) in [6, 6.07) is 22.3. The van der Waals surface area contributed by atoms with Gasteiger partial charge in [0.25, 0.3) is 11.8 Å². The van der Waals surface area contributed by atoms with Crippen molar-refractivity contribution in [2.45, 2.75) is 38.2 Å². The quantitative estimate of drug-likeness (QED) is 0.230. The fraction of sp³-hybridized carbons (Fsp3) is 0.278. The number of nitrogens with one attached hydrogen (secondary N) is 2. The minimum absolute atomic E-state index is 0.125. The SMILES string of the molecule is C=C(CN1CC(O)C1)C(=O)NCc1ccccc1.CCN1C(=O)C(NC(=O)c2cccc(C(F)(F)F)c2)Cc2cnn(-c3ccccc3)c21. The lowest BCUT2D eigenvalue weighted by Crippen LogP contribution is -2.53. The van der Waals surface area contributed by atoms with Crippen LogP contribution in [0.1, 0.15) is 34.0 Å². The first-order chi connectivity index (χ1) is 23.4. The van der Waals surface area contributed by atoms with E-state index in [1.165, 1.54) is 17.0 Å². The second-order valence-corrected chi connectivity index (χ2v) is 11.8. The Hall–Kier alpha value is -5.27. The van der Waals surface area contributed by atoms with Gasteiger partial charge < -0.3 is 15.7 Å². The number of carbonyl (C=O) groups is 3. The molecule has 3 N–H and O–H groups in total. The summed E-state index contributed by atoms with van der Waals surface area (Å²) in [5, 5.41) is 19.0. The molecule has 3 heterocycles. The van der Waals surface area contributed by atoms with Gasteiger partial charge in [0.05, 0.1) is 23.6 Å². The summed E-state index contributed by atoms with van der Waals surface area (Å²) in [5.41, 5.74) is 2.09. The van der Waals surface area contributed by atoms with Gasteiger partial charge in [0.1, 0.15) is 11.9 Å². The van der Waals surface area contributed by atoms with Crippen molar-refractivity contribution in [2.24, 2.45) is 0 Å². The maximum atomic E-state index is 13.1. The molecule has 3 amide bonds. The van der Waals surface area contributed by atoms with Crippen LogP contribution < -0.4 is 15.5 Å². The number of anilines is 1. The molecule has 3 aromatic carbocycles. The standard InChI is InChI=1S/C22H19F3N4O2.C14H18N2O2/c1-2-28-20-15(13-26-29(20)17-9-4-3-5-10-17)12-18(21(28)31)27-19(30)14-7-6-8-16(11-14)22(23,24)25;1-11(8-16-9-13(17)10-16)14(18)15-7-12-5-3-2-4-6-12/h3-11,13,18H,2,12H2,1H3,(H,27,30);2-6,13,17H,1,7-10H2,(H,15,18). The number of carbonyl (C=O) groups excluding carboxylic acids is 3. The van der Waals surface area contributed by atoms with E-state index in [0.29, 0.717) is 44.1 Å². The number of likely N-dealkylation sites (N-methyl/N-ethyl adjacent to an activating group) is 1. The first kappa shape index (κ1) is 35.0. The highest BCUT2D eigenvalue weighted by atomic mass is 19.4. The molecule has 13 heteroatoms. The van der Waals surface area contributed by atoms with Gasteiger partial charge in [0, 0.05) is 55.8 Å². The molecule has 10 nitrogen and oxygen atoms in total. The number of rotatable bonds is 9. The highest BCUT2D eigenvalue weighted by molar-refractivity contribution is 6.04. The van der Waals surface area contributed by atoms with Crippen LogP contribution in [-0.2, 0) is 28.7 Å². The Morgan fingerprint density at radius 1 is 1.00 bits per heavy atom. The number of amides is 3. The lowest BCUT2D eigenvalue weighted by molar-refractivity contribution is -0.137. The molecule has 256 valence electrons. The van der Waals surface area contributed by atoms with Crippen LogP contribution in [-0.4, -0.2) is 75.8 Å². The molecule has 1 saturated heterocycles. The molecule has 0 saturated carbocycles. The number of aliphatic hydroxyl groups is 1. The molecule has 1 fully saturated rings. The largest absolute Gasteiger partial charge is 0.416 e. The van der Waals surface area contributed by atoms with Crippen molar-refractivity contribution in [3.63, 3.8) is 0 Å². The number of aliphatic hydroxyl groups excluding tert-OH is 1. The number of halogens is 3. The fourth-order valence-corrected chi connectivity index (χ4v) is 5.58. The lowest BCUT2D eigenvalue weighted by Gasteiger charge is -2.35. The molecule has 2 aliphatic heterocycles. The van der Waals surface area contributed by atoms with Crippen LogP contribution in [0.5, 0.6) is 0 Å². The summed E-state index contributed by atoms with van der Waals surface area (Å²) in [6.07, 6.45) is -2.97. The number of para-hydroxylation sites is 1. The second-order valence-electron chi connectivity index (χ2n) is 11.8. The number of likely N-dealkylation sites (tertiary alicyclic amines) is 1. The van der Waals surface area contributed by atoms with Gasteiger partial charge in [-0.15, -0.1) is 0 Å². The van der Waals surface area contributed by atoms with Crippen LogP contribution in [0.3, 0.4) is 0 Å². The number of β-amino-alcohol motifs (C(OH)–C–C–N with tert-alkyl or cyclic N) is 1. The summed E-state index contributed by atoms with van der Waals surface area (Å²) in [4.78, 5) is 41.0. The number of hydrogen-bond acceptors (Lipinski definition) is 6. The van der Waals surface area contributed by atoms with E-state index in [1.54, 1.807) is 17.8 Å². The normalized spacial score (nSPS) is 16.1. The Morgan fingerprint density at radius 2 is 1.67 bits per heavy atom. The maximum Gasteiger partial charge on any atom is 0.416 e. The molecular weight excluding hydrogens is 637 g/mol. The van der Waals surface area contributed by atoms with E-state index in [1.807, 2.05) is 65.6 Å². The summed E-state index contributed by atoms with van der Waals surface area (Å²) >= 11 is 0. The topological polar surface area (TPSA) is 120 Å². The van der Waals surface area contributed by atoms with Crippen molar-refractivity contribution < 1.29 is 32.7 Å². The van der Waals surface area contributed by atoms with E-state index in [0.717, 1.165) is 28.9 Å². The van der Waals surface area contributed by atoms with E-state index < -0.39 is 23.7 Å². The van der Waals surface area contributed by atoms with Gasteiger partial charge in [-0.05, 0) is 42.8 Å². The van der Waals surface area contributed by atoms with E-state index in [4.69, 9.17) is 5.11 Å². The molecule has 0 radical (unpaired) electrons. The number of nitrogens with zero attached hydrogens (tertiary/aromatic N) is 4. The van der Waals surface area contributed by atoms with Crippen molar-refractivity contribution >= 4 is 23.5 Å². The molecule has 49 heavy (non-hydrogen) atoms. The molecule has 4 aromatic rings. The molecule has 0 aliphatic carbocycles. The average Bonchev–Trinajstić information content (AvgIpc) is 3.51. The van der Waals surface area contributed by atoms with E-state index in [9.17, 15) is 27.6 Å². The minimum Gasteiger partial charge on any atom is -0.390 e. The van der Waals surface area contributed by atoms with Crippen molar-refractivity contribution in [1.82, 2.24) is 25.3 Å². The minimum atomic E-state index is -4.56. The highest BCUT2D eigenvalue weighted by Gasteiger charge is 2.37. The van der Waals surface area contributed by atoms with Gasteiger partial charge >= 0.3 is 6.18 Å². The number of hydrogen-bond donors (Lipinski definition) is 3. The van der Waals surface area contributed by atoms with Gasteiger partial charge in [-0.25, -0.2) is 4.68 Å². The average molecular weight is 675 g/mol. The molecule has 6 rings (SSSR count). The summed E-state index contributed by atoms with van der Waals surface area (Å²) in [6.45, 7) is 8.23. The first-order valence-corrected chi connectivity index (χ1v) is 15.8. The number of benzene rings is 3. The molecule has 0 spiro atoms. The predicted octanol–water partition coefficient (Wildman–Crippen LogP) is 4.13. The molecule has 1 atom stereocenters. The van der Waals surface area contributed by atoms with Gasteiger partial charge in [-0.2, -0.15) is 18.3 Å². The van der Waals surface area contributed by atoms with Crippen molar-refractivity contribution in [3.05, 3.63) is 126 Å². The van der Waals surface area contributed by atoms with Crippen LogP contribution in [0, 0.1) is 0 Å². The second kappa shape index (κ2) is 15.3. The van der Waals surface area contributed by atoms with Gasteiger partial charge in [0.15, 0.2) is 0 Å². The molecule has 2 aliphatic rings. The van der Waals surface area contributed by atoms with Crippen LogP contribution in [0.25, 0.3) is 5.69 Å². The van der Waals surface area contributed by atoms with E-state index >= 15 is 0 Å². The van der Waals surface area contributed by atoms with Crippen LogP contribution >= 0.6 is 0 Å². The van der Waals surface area contributed by atoms with E-state index in [2.05, 4.69) is 22.3 Å². The Balaban J connectivity index is 0.000000221. The third-order valence-corrected chi connectivity index (χ3v) is 8.10. The zero-order valence-electron chi connectivity index (χ0n) is 26.9. The van der Waals surface area contributed by atoms with Gasteiger partial charge in [-0.3, -0.25) is 24.2 Å². The number of alkyl halides is 3. The third-order valence-electron chi connectivity index (χ3n) is 8.10. The Bertz CT molecular complexity index is 1790. The van der Waals surface area contributed by atoms with Crippen LogP contribution in [0.15, 0.2) is 103 Å². The first-order valence-electron chi connectivity index (χ1n) is 15.8. The van der Waals surface area contributed by atoms with Crippen molar-refractivity contribution in [3.8, 4) is 5.69 Å². The Kier molecular flexibility index (Phi) is 10.9. The zero-order valence-corrected chi connectivity index (χ0v) is 26.9. The fourth-order valence-electron chi connectivity index (χ4n) is 5.58. The summed E-state index contributed by atoms with van der Waals surface area (Å²) in [7, 11) is 0. The molecule has 1 unspecified atom stereocenters. The highest BCUT2D eigenvalue weighted by Crippen LogP contribution is 2.31. The van der Waals surface area contributed by atoms with Crippen molar-refractivity contribution in [2.75, 3.05) is 31.1 Å². The Morgan fingerprint density at radius 3 is 2.31 bits per heavy atom. The molecule has 0 bridgehead atoms. The van der Waals surface area contributed by atoms with Crippen LogP contribution in [0.4, 0.5) is 19.0 Å². The lowest BCUT2D eigenvalue weighted by atomic mass is 10.0. The number of aromatic nitrogens is 2. The summed E-state index contributed by atoms with van der Waals surface area (Å²) < 4.78 is 40.5. The van der Waals surface area contributed by atoms with Gasteiger partial charge in [0.2, 0.25) is 5.91 Å². The van der Waals surface area contributed by atoms with Crippen LogP contribution in [0.2, 0.25) is 0 Å². The zero-order chi connectivity index (χ0) is 35.1. The smallest absolute Gasteiger partial charge is 0.390 e. The Labute approximate surface area is 281 Å². The third kappa shape index (κ3) is 8.61. The monoisotopic (exact) mass is 674 g/mol. The summed E-state index contributed by atoms with van der Waals surface area (Å²) in [5.74, 6) is -0.573.